The van der Waals surface area contributed by atoms with Gasteiger partial charge in [-0.3, -0.25) is 4.79 Å². The van der Waals surface area contributed by atoms with Crippen molar-refractivity contribution in [3.05, 3.63) is 35.5 Å². The lowest BCUT2D eigenvalue weighted by Crippen LogP contribution is -2.23. The second kappa shape index (κ2) is 4.82. The molecule has 7 heteroatoms. The standard InChI is InChI=1S/C13H13F3N2O2/c1-2-18-9-4-3-8(13(14,15)16)5-7(9)6-10(18)11(17)12(19)20/h3-6,11H,2,17H2,1H3,(H,19,20). The van der Waals surface area contributed by atoms with Crippen LogP contribution in [0.15, 0.2) is 24.3 Å². The number of aromatic nitrogens is 1. The van der Waals surface area contributed by atoms with E-state index in [1.165, 1.54) is 12.1 Å². The first-order valence-corrected chi connectivity index (χ1v) is 5.94. The van der Waals surface area contributed by atoms with Crippen LogP contribution in [-0.4, -0.2) is 15.6 Å². The fraction of sp³-hybridized carbons (Fsp3) is 0.308. The molecule has 1 aromatic carbocycles. The molecule has 108 valence electrons. The van der Waals surface area contributed by atoms with Crippen LogP contribution in [0.3, 0.4) is 0 Å². The zero-order chi connectivity index (χ0) is 15.1. The molecule has 0 aliphatic carbocycles. The third-order valence-corrected chi connectivity index (χ3v) is 3.16. The number of carboxylic acid groups (broad SMARTS) is 1. The molecule has 20 heavy (non-hydrogen) atoms. The summed E-state index contributed by atoms with van der Waals surface area (Å²) < 4.78 is 39.6. The maximum absolute atomic E-state index is 12.7. The average molecular weight is 286 g/mol. The van der Waals surface area contributed by atoms with Crippen LogP contribution in [0.1, 0.15) is 24.2 Å². The minimum atomic E-state index is -4.43. The SMILES string of the molecule is CCn1c(C(N)C(=O)O)cc2cc(C(F)(F)F)ccc21. The molecule has 1 unspecified atom stereocenters. The molecule has 3 N–H and O–H groups in total. The maximum Gasteiger partial charge on any atom is 0.416 e. The Morgan fingerprint density at radius 3 is 2.55 bits per heavy atom. The smallest absolute Gasteiger partial charge is 0.416 e. The van der Waals surface area contributed by atoms with Gasteiger partial charge in [0.1, 0.15) is 6.04 Å². The van der Waals surface area contributed by atoms with Crippen molar-refractivity contribution in [2.75, 3.05) is 0 Å². The number of nitrogens with two attached hydrogens (primary N) is 1. The van der Waals surface area contributed by atoms with E-state index in [-0.39, 0.29) is 5.69 Å². The molecule has 1 atom stereocenters. The van der Waals surface area contributed by atoms with Crippen molar-refractivity contribution in [3.63, 3.8) is 0 Å². The first-order valence-electron chi connectivity index (χ1n) is 5.94. The largest absolute Gasteiger partial charge is 0.480 e. The lowest BCUT2D eigenvalue weighted by Gasteiger charge is -2.11. The number of hydrogen-bond donors (Lipinski definition) is 2. The monoisotopic (exact) mass is 286 g/mol. The molecule has 0 saturated heterocycles. The first kappa shape index (κ1) is 14.4. The number of rotatable bonds is 3. The number of aryl methyl sites for hydroxylation is 1. The summed E-state index contributed by atoms with van der Waals surface area (Å²) in [5.74, 6) is -1.22. The Kier molecular flexibility index (Phi) is 3.47. The van der Waals surface area contributed by atoms with Crippen LogP contribution in [0.4, 0.5) is 13.2 Å². The lowest BCUT2D eigenvalue weighted by molar-refractivity contribution is -0.139. The van der Waals surface area contributed by atoms with Crippen molar-refractivity contribution in [1.29, 1.82) is 0 Å². The number of benzene rings is 1. The van der Waals surface area contributed by atoms with Gasteiger partial charge in [0.25, 0.3) is 0 Å². The van der Waals surface area contributed by atoms with Crippen LogP contribution in [0.2, 0.25) is 0 Å². The Labute approximate surface area is 112 Å². The fourth-order valence-electron chi connectivity index (χ4n) is 2.21. The predicted octanol–water partition coefficient (Wildman–Crippen LogP) is 2.76. The molecule has 0 saturated carbocycles. The van der Waals surface area contributed by atoms with E-state index in [2.05, 4.69) is 0 Å². The van der Waals surface area contributed by atoms with Crippen molar-refractivity contribution >= 4 is 16.9 Å². The summed E-state index contributed by atoms with van der Waals surface area (Å²) in [5.41, 5.74) is 5.61. The van der Waals surface area contributed by atoms with Gasteiger partial charge in [0.05, 0.1) is 5.56 Å². The van der Waals surface area contributed by atoms with Crippen LogP contribution < -0.4 is 5.73 Å². The molecule has 0 spiro atoms. The summed E-state index contributed by atoms with van der Waals surface area (Å²) in [7, 11) is 0. The zero-order valence-electron chi connectivity index (χ0n) is 10.6. The summed E-state index contributed by atoms with van der Waals surface area (Å²) in [5, 5.41) is 9.27. The second-order valence-electron chi connectivity index (χ2n) is 4.40. The molecule has 0 fully saturated rings. The van der Waals surface area contributed by atoms with Gasteiger partial charge in [0.15, 0.2) is 0 Å². The molecule has 0 aliphatic heterocycles. The Balaban J connectivity index is 2.65. The number of carbonyl (C=O) groups is 1. The van der Waals surface area contributed by atoms with Crippen molar-refractivity contribution in [1.82, 2.24) is 4.57 Å². The topological polar surface area (TPSA) is 68.2 Å². The van der Waals surface area contributed by atoms with Crippen LogP contribution >= 0.6 is 0 Å². The van der Waals surface area contributed by atoms with Crippen molar-refractivity contribution < 1.29 is 23.1 Å². The highest BCUT2D eigenvalue weighted by Gasteiger charge is 2.31. The van der Waals surface area contributed by atoms with Gasteiger partial charge in [-0.1, -0.05) is 0 Å². The summed E-state index contributed by atoms with van der Waals surface area (Å²) in [6.07, 6.45) is -4.43. The minimum Gasteiger partial charge on any atom is -0.480 e. The van der Waals surface area contributed by atoms with Crippen LogP contribution in [-0.2, 0) is 17.5 Å². The molecule has 1 aromatic heterocycles. The van der Waals surface area contributed by atoms with E-state index >= 15 is 0 Å². The normalized spacial score (nSPS) is 13.7. The van der Waals surface area contributed by atoms with Gasteiger partial charge >= 0.3 is 12.1 Å². The minimum absolute atomic E-state index is 0.286. The van der Waals surface area contributed by atoms with Gasteiger partial charge in [-0.05, 0) is 31.2 Å². The summed E-state index contributed by atoms with van der Waals surface area (Å²) >= 11 is 0. The highest BCUT2D eigenvalue weighted by Crippen LogP contribution is 2.33. The number of alkyl halides is 3. The number of fused-ring (bicyclic) bond motifs is 1. The maximum atomic E-state index is 12.7. The van der Waals surface area contributed by atoms with E-state index < -0.39 is 23.8 Å². The van der Waals surface area contributed by atoms with Gasteiger partial charge in [0, 0.05) is 23.1 Å². The second-order valence-corrected chi connectivity index (χ2v) is 4.40. The summed E-state index contributed by atoms with van der Waals surface area (Å²) in [4.78, 5) is 11.0. The highest BCUT2D eigenvalue weighted by molar-refractivity contribution is 5.85. The quantitative estimate of drug-likeness (QED) is 0.911. The van der Waals surface area contributed by atoms with E-state index in [1.807, 2.05) is 0 Å². The van der Waals surface area contributed by atoms with Crippen molar-refractivity contribution in [2.24, 2.45) is 5.73 Å². The number of nitrogens with zero attached hydrogens (tertiary/aromatic N) is 1. The van der Waals surface area contributed by atoms with Gasteiger partial charge in [-0.25, -0.2) is 0 Å². The molecule has 0 aliphatic rings. The molecule has 4 nitrogen and oxygen atoms in total. The van der Waals surface area contributed by atoms with Crippen molar-refractivity contribution in [2.45, 2.75) is 25.7 Å². The Hall–Kier alpha value is -2.02. The number of halogens is 3. The van der Waals surface area contributed by atoms with E-state index in [4.69, 9.17) is 10.8 Å². The molecule has 0 bridgehead atoms. The highest BCUT2D eigenvalue weighted by atomic mass is 19.4. The average Bonchev–Trinajstić information content (AvgIpc) is 2.73. The third kappa shape index (κ3) is 2.36. The summed E-state index contributed by atoms with van der Waals surface area (Å²) in [6, 6.07) is 3.44. The van der Waals surface area contributed by atoms with Crippen LogP contribution in [0.25, 0.3) is 10.9 Å². The number of hydrogen-bond acceptors (Lipinski definition) is 2. The van der Waals surface area contributed by atoms with E-state index in [1.54, 1.807) is 11.5 Å². The van der Waals surface area contributed by atoms with E-state index in [0.29, 0.717) is 17.4 Å². The van der Waals surface area contributed by atoms with E-state index in [9.17, 15) is 18.0 Å². The molecule has 2 rings (SSSR count). The summed E-state index contributed by atoms with van der Waals surface area (Å²) in [6.45, 7) is 2.19. The van der Waals surface area contributed by atoms with Crippen LogP contribution in [0.5, 0.6) is 0 Å². The first-order chi connectivity index (χ1) is 9.25. The van der Waals surface area contributed by atoms with Gasteiger partial charge in [0.2, 0.25) is 0 Å². The molecular weight excluding hydrogens is 273 g/mol. The Morgan fingerprint density at radius 2 is 2.05 bits per heavy atom. The van der Waals surface area contributed by atoms with Crippen molar-refractivity contribution in [3.8, 4) is 0 Å². The molecule has 0 radical (unpaired) electrons. The molecule has 1 heterocycles. The molecule has 2 aromatic rings. The zero-order valence-corrected chi connectivity index (χ0v) is 10.6. The number of aliphatic carboxylic acids is 1. The number of carboxylic acids is 1. The predicted molar refractivity (Wildman–Crippen MR) is 67.2 cm³/mol. The van der Waals surface area contributed by atoms with Crippen LogP contribution in [0, 0.1) is 0 Å². The Morgan fingerprint density at radius 1 is 1.40 bits per heavy atom. The Bertz CT molecular complexity index is 661. The fourth-order valence-corrected chi connectivity index (χ4v) is 2.21. The lowest BCUT2D eigenvalue weighted by atomic mass is 10.1. The van der Waals surface area contributed by atoms with E-state index in [0.717, 1.165) is 12.1 Å². The van der Waals surface area contributed by atoms with Gasteiger partial charge in [-0.2, -0.15) is 13.2 Å². The van der Waals surface area contributed by atoms with Gasteiger partial charge in [-0.15, -0.1) is 0 Å². The molecular formula is C13H13F3N2O2. The third-order valence-electron chi connectivity index (χ3n) is 3.16. The van der Waals surface area contributed by atoms with Gasteiger partial charge < -0.3 is 15.4 Å². The molecule has 0 amide bonds.